The normalized spacial score (nSPS) is 14.3. The van der Waals surface area contributed by atoms with Gasteiger partial charge in [0.25, 0.3) is 11.8 Å². The lowest BCUT2D eigenvalue weighted by atomic mass is 9.98. The predicted molar refractivity (Wildman–Crippen MR) is 289 cm³/mol. The van der Waals surface area contributed by atoms with Crippen molar-refractivity contribution in [2.75, 3.05) is 43.9 Å². The fraction of sp³-hybridized carbons (Fsp3) is 0.254. The number of para-hydroxylation sites is 2. The van der Waals surface area contributed by atoms with Gasteiger partial charge in [-0.3, -0.25) is 14.0 Å². The molecule has 0 saturated carbocycles. The molecule has 3 N–H and O–H groups in total. The Morgan fingerprint density at radius 2 is 1.07 bits per heavy atom. The van der Waals surface area contributed by atoms with Gasteiger partial charge in [0.1, 0.15) is 11.2 Å². The first-order valence-electron chi connectivity index (χ1n) is 24.5. The summed E-state index contributed by atoms with van der Waals surface area (Å²) in [5, 5.41) is 12.8. The number of nitrogens with one attached hydrogen (secondary N) is 2. The third-order valence-corrected chi connectivity index (χ3v) is 12.3. The average Bonchev–Trinajstić information content (AvgIpc) is 4.23. The minimum atomic E-state index is -0.536. The number of aliphatic hydroxyl groups excluding tert-OH is 1. The van der Waals surface area contributed by atoms with Crippen molar-refractivity contribution in [3.8, 4) is 22.5 Å². The van der Waals surface area contributed by atoms with Crippen molar-refractivity contribution in [3.63, 3.8) is 0 Å². The van der Waals surface area contributed by atoms with E-state index in [1.807, 2.05) is 174 Å². The summed E-state index contributed by atoms with van der Waals surface area (Å²) in [7, 11) is 1.00. The average molecular weight is 995 g/mol. The monoisotopic (exact) mass is 994 g/mol. The van der Waals surface area contributed by atoms with E-state index < -0.39 is 11.2 Å². The van der Waals surface area contributed by atoms with Crippen LogP contribution in [0.2, 0.25) is 0 Å². The Hall–Kier alpha value is -8.56. The Labute approximate surface area is 431 Å². The highest BCUT2D eigenvalue weighted by Gasteiger charge is 2.33. The van der Waals surface area contributed by atoms with Crippen LogP contribution in [-0.2, 0) is 9.47 Å². The van der Waals surface area contributed by atoms with Crippen molar-refractivity contribution in [1.82, 2.24) is 28.6 Å². The van der Waals surface area contributed by atoms with Gasteiger partial charge in [0, 0.05) is 79.7 Å². The SMILES string of the molecule is CC(C)(C)OC(=O)N1CC=C(c2cc(-c3ccc(C(=O)Nc4ccccc4)cc3)n3cnccc23)C1.CC(C)(C)OC(=O)N1CCC(c2cc(-c3ccc(C(=O)Nc4ccccc4)cc3)n3cnccc23)C1.CO. The Kier molecular flexibility index (Phi) is 15.7. The van der Waals surface area contributed by atoms with E-state index in [9.17, 15) is 19.2 Å². The zero-order chi connectivity index (χ0) is 52.6. The first kappa shape index (κ1) is 51.8. The summed E-state index contributed by atoms with van der Waals surface area (Å²) >= 11 is 0. The molecule has 4 aromatic carbocycles. The topological polar surface area (TPSA) is 172 Å². The van der Waals surface area contributed by atoms with E-state index in [0.29, 0.717) is 37.3 Å². The van der Waals surface area contributed by atoms with Crippen molar-refractivity contribution in [2.45, 2.75) is 65.1 Å². The van der Waals surface area contributed by atoms with Crippen LogP contribution in [0.4, 0.5) is 21.0 Å². The van der Waals surface area contributed by atoms with E-state index in [-0.39, 0.29) is 29.9 Å². The summed E-state index contributed by atoms with van der Waals surface area (Å²) in [6.45, 7) is 13.5. The lowest BCUT2D eigenvalue weighted by Gasteiger charge is -2.24. The zero-order valence-corrected chi connectivity index (χ0v) is 42.8. The molecule has 10 rings (SSSR count). The maximum Gasteiger partial charge on any atom is 0.410 e. The van der Waals surface area contributed by atoms with E-state index in [4.69, 9.17) is 14.6 Å². The Morgan fingerprint density at radius 1 is 0.595 bits per heavy atom. The molecule has 0 radical (unpaired) electrons. The molecule has 380 valence electrons. The first-order valence-corrected chi connectivity index (χ1v) is 24.5. The van der Waals surface area contributed by atoms with Gasteiger partial charge in [-0.05, 0) is 143 Å². The number of hydrogen-bond acceptors (Lipinski definition) is 9. The highest BCUT2D eigenvalue weighted by molar-refractivity contribution is 6.05. The molecule has 4 aromatic heterocycles. The maximum atomic E-state index is 12.7. The highest BCUT2D eigenvalue weighted by atomic mass is 16.6. The van der Waals surface area contributed by atoms with Crippen molar-refractivity contribution >= 4 is 52.0 Å². The van der Waals surface area contributed by atoms with E-state index in [1.165, 1.54) is 5.56 Å². The number of ether oxygens (including phenoxy) is 2. The molecule has 2 aliphatic rings. The molecule has 6 heterocycles. The standard InChI is InChI=1S/C29H30N4O3.C29H28N4O3.CH4O/c2*1-29(2,3)36-28(35)32-16-14-22(18-32)24-17-26(33-19-30-15-13-25(24)33)20-9-11-21(12-10-20)27(34)31-23-7-5-4-6-8-23;1-2/h4-13,15,17,19,22H,14,16,18H2,1-3H3,(H,31,34);4-15,17,19H,16,18H2,1-3H3,(H,31,34);2H,1H3. The van der Waals surface area contributed by atoms with Crippen LogP contribution in [0.25, 0.3) is 39.1 Å². The predicted octanol–water partition coefficient (Wildman–Crippen LogP) is 11.5. The minimum absolute atomic E-state index is 0.150. The molecular formula is C59H62N8O7. The number of hydrogen-bond donors (Lipinski definition) is 3. The van der Waals surface area contributed by atoms with Crippen LogP contribution in [-0.4, -0.2) is 102 Å². The first-order chi connectivity index (χ1) is 35.6. The largest absolute Gasteiger partial charge is 0.444 e. The van der Waals surface area contributed by atoms with E-state index >= 15 is 0 Å². The smallest absolute Gasteiger partial charge is 0.410 e. The number of benzene rings is 4. The fourth-order valence-electron chi connectivity index (χ4n) is 8.92. The number of amides is 4. The second-order valence-electron chi connectivity index (χ2n) is 19.9. The van der Waals surface area contributed by atoms with Gasteiger partial charge < -0.3 is 39.4 Å². The van der Waals surface area contributed by atoms with Gasteiger partial charge in [0.05, 0.1) is 35.1 Å². The second kappa shape index (κ2) is 22.5. The maximum absolute atomic E-state index is 12.7. The van der Waals surface area contributed by atoms with Gasteiger partial charge in [0.15, 0.2) is 0 Å². The van der Waals surface area contributed by atoms with Crippen molar-refractivity contribution < 1.29 is 33.8 Å². The van der Waals surface area contributed by atoms with Crippen LogP contribution in [0.15, 0.2) is 165 Å². The number of carbonyl (C=O) groups excluding carboxylic acids is 4. The number of nitrogens with zero attached hydrogens (tertiary/aromatic N) is 6. The van der Waals surface area contributed by atoms with Crippen molar-refractivity contribution in [2.24, 2.45) is 0 Å². The van der Waals surface area contributed by atoms with Crippen LogP contribution < -0.4 is 10.6 Å². The molecule has 0 bridgehead atoms. The van der Waals surface area contributed by atoms with Crippen molar-refractivity contribution in [3.05, 3.63) is 187 Å². The highest BCUT2D eigenvalue weighted by Crippen LogP contribution is 2.37. The van der Waals surface area contributed by atoms with E-state index in [1.54, 1.807) is 28.5 Å². The number of aromatic nitrogens is 4. The summed E-state index contributed by atoms with van der Waals surface area (Å²) in [5.74, 6) is -0.101. The lowest BCUT2D eigenvalue weighted by molar-refractivity contribution is 0.0287. The molecule has 0 aliphatic carbocycles. The van der Waals surface area contributed by atoms with Crippen LogP contribution >= 0.6 is 0 Å². The molecule has 1 fully saturated rings. The van der Waals surface area contributed by atoms with Gasteiger partial charge >= 0.3 is 12.2 Å². The molecule has 74 heavy (non-hydrogen) atoms. The Morgan fingerprint density at radius 3 is 1.58 bits per heavy atom. The molecule has 0 spiro atoms. The molecule has 4 amide bonds. The number of likely N-dealkylation sites (tertiary alicyclic amines) is 1. The molecule has 1 atom stereocenters. The molecule has 15 nitrogen and oxygen atoms in total. The van der Waals surface area contributed by atoms with Crippen LogP contribution in [0.3, 0.4) is 0 Å². The lowest BCUT2D eigenvalue weighted by Crippen LogP contribution is -2.35. The fourth-order valence-corrected chi connectivity index (χ4v) is 8.92. The summed E-state index contributed by atoms with van der Waals surface area (Å²) in [5.41, 5.74) is 10.9. The number of aliphatic hydroxyl groups is 1. The number of fused-ring (bicyclic) bond motifs is 2. The van der Waals surface area contributed by atoms with Crippen LogP contribution in [0.1, 0.15) is 85.7 Å². The van der Waals surface area contributed by atoms with Gasteiger partial charge in [-0.1, -0.05) is 66.7 Å². The molecule has 1 saturated heterocycles. The molecule has 8 aromatic rings. The molecule has 1 unspecified atom stereocenters. The van der Waals surface area contributed by atoms with Crippen molar-refractivity contribution in [1.29, 1.82) is 0 Å². The van der Waals surface area contributed by atoms with Gasteiger partial charge in [-0.15, -0.1) is 0 Å². The molecular weight excluding hydrogens is 933 g/mol. The minimum Gasteiger partial charge on any atom is -0.444 e. The Balaban J connectivity index is 0.000000191. The number of anilines is 2. The molecule has 15 heteroatoms. The number of carbonyl (C=O) groups is 4. The van der Waals surface area contributed by atoms with Gasteiger partial charge in [-0.25, -0.2) is 19.6 Å². The quantitative estimate of drug-likeness (QED) is 0.134. The van der Waals surface area contributed by atoms with Crippen LogP contribution in [0.5, 0.6) is 0 Å². The summed E-state index contributed by atoms with van der Waals surface area (Å²) in [6.07, 6.45) is 9.51. The summed E-state index contributed by atoms with van der Waals surface area (Å²) in [4.78, 5) is 62.6. The van der Waals surface area contributed by atoms with E-state index in [0.717, 1.165) is 69.6 Å². The van der Waals surface area contributed by atoms with Gasteiger partial charge in [0.2, 0.25) is 0 Å². The summed E-state index contributed by atoms with van der Waals surface area (Å²) in [6, 6.07) is 42.2. The Bertz CT molecular complexity index is 3260. The van der Waals surface area contributed by atoms with Gasteiger partial charge in [-0.2, -0.15) is 0 Å². The summed E-state index contributed by atoms with van der Waals surface area (Å²) < 4.78 is 15.2. The van der Waals surface area contributed by atoms with E-state index in [2.05, 4.69) is 43.2 Å². The second-order valence-corrected chi connectivity index (χ2v) is 19.9. The third kappa shape index (κ3) is 12.4. The zero-order valence-electron chi connectivity index (χ0n) is 42.8. The third-order valence-electron chi connectivity index (χ3n) is 12.3. The number of rotatable bonds is 8. The molecule has 2 aliphatic heterocycles. The van der Waals surface area contributed by atoms with Crippen LogP contribution in [0, 0.1) is 0 Å².